The lowest BCUT2D eigenvalue weighted by molar-refractivity contribution is -0.116. The van der Waals surface area contributed by atoms with Crippen molar-refractivity contribution < 1.29 is 4.79 Å². The molecule has 4 rings (SSSR count). The average Bonchev–Trinajstić information content (AvgIpc) is 3.26. The summed E-state index contributed by atoms with van der Waals surface area (Å²) >= 11 is 13.7. The van der Waals surface area contributed by atoms with E-state index in [1.165, 1.54) is 11.3 Å². The quantitative estimate of drug-likeness (QED) is 0.521. The number of carbonyl (C=O) groups is 1. The summed E-state index contributed by atoms with van der Waals surface area (Å²) in [6, 6.07) is 13.0. The maximum atomic E-state index is 12.3. The molecule has 2 aromatic carbocycles. The van der Waals surface area contributed by atoms with Crippen LogP contribution in [0.1, 0.15) is 10.4 Å². The van der Waals surface area contributed by atoms with Crippen LogP contribution in [-0.4, -0.2) is 25.9 Å². The molecule has 2 heterocycles. The Hall–Kier alpha value is -2.48. The van der Waals surface area contributed by atoms with Gasteiger partial charge in [0.1, 0.15) is 12.1 Å². The molecule has 0 aliphatic carbocycles. The molecule has 2 aromatic heterocycles. The van der Waals surface area contributed by atoms with Crippen LogP contribution in [0.25, 0.3) is 11.0 Å². The number of benzene rings is 2. The van der Waals surface area contributed by atoms with Crippen molar-refractivity contribution >= 4 is 56.6 Å². The molecule has 0 atom stereocenters. The summed E-state index contributed by atoms with van der Waals surface area (Å²) in [7, 11) is 0. The summed E-state index contributed by atoms with van der Waals surface area (Å²) in [5, 5.41) is 12.4. The number of nitrogens with zero attached hydrogens (tertiary/aromatic N) is 4. The van der Waals surface area contributed by atoms with Gasteiger partial charge >= 0.3 is 0 Å². The lowest BCUT2D eigenvalue weighted by Gasteiger charge is -2.04. The Morgan fingerprint density at radius 1 is 1.15 bits per heavy atom. The number of rotatable bonds is 5. The minimum Gasteiger partial charge on any atom is -0.300 e. The fraction of sp³-hybridized carbons (Fsp3) is 0.111. The standard InChI is InChI=1S/C18H13Cl2N5OS/c19-13-5-3-4-11(17(13)20)8-12-9-21-18(27-12)22-16(26)10-25-15-7-2-1-6-14(15)23-24-25/h1-7,9H,8,10H2,(H,21,22,26). The fourth-order valence-corrected chi connectivity index (χ4v) is 3.89. The Balaban J connectivity index is 1.43. The smallest absolute Gasteiger partial charge is 0.247 e. The van der Waals surface area contributed by atoms with Crippen molar-refractivity contribution in [1.29, 1.82) is 0 Å². The molecule has 9 heteroatoms. The average molecular weight is 418 g/mol. The Kier molecular flexibility index (Phi) is 5.07. The minimum absolute atomic E-state index is 0.0650. The van der Waals surface area contributed by atoms with E-state index in [1.54, 1.807) is 16.9 Å². The van der Waals surface area contributed by atoms with E-state index in [-0.39, 0.29) is 12.5 Å². The van der Waals surface area contributed by atoms with Crippen molar-refractivity contribution in [3.63, 3.8) is 0 Å². The number of thiazole rings is 1. The van der Waals surface area contributed by atoms with E-state index >= 15 is 0 Å². The molecule has 6 nitrogen and oxygen atoms in total. The molecule has 0 spiro atoms. The number of carbonyl (C=O) groups excluding carboxylic acids is 1. The van der Waals surface area contributed by atoms with Gasteiger partial charge in [-0.1, -0.05) is 52.7 Å². The molecule has 0 fully saturated rings. The predicted octanol–water partition coefficient (Wildman–Crippen LogP) is 4.42. The number of fused-ring (bicyclic) bond motifs is 1. The first-order chi connectivity index (χ1) is 13.1. The Morgan fingerprint density at radius 3 is 2.89 bits per heavy atom. The lowest BCUT2D eigenvalue weighted by Crippen LogP contribution is -2.19. The third kappa shape index (κ3) is 3.95. The zero-order chi connectivity index (χ0) is 18.8. The van der Waals surface area contributed by atoms with Crippen molar-refractivity contribution in [1.82, 2.24) is 20.0 Å². The summed E-state index contributed by atoms with van der Waals surface area (Å²) in [5.41, 5.74) is 2.48. The van der Waals surface area contributed by atoms with Crippen LogP contribution in [0, 0.1) is 0 Å². The van der Waals surface area contributed by atoms with Crippen LogP contribution < -0.4 is 5.32 Å². The number of anilines is 1. The molecular weight excluding hydrogens is 405 g/mol. The van der Waals surface area contributed by atoms with E-state index in [0.29, 0.717) is 21.6 Å². The maximum absolute atomic E-state index is 12.3. The zero-order valence-corrected chi connectivity index (χ0v) is 16.2. The van der Waals surface area contributed by atoms with Crippen LogP contribution in [0.3, 0.4) is 0 Å². The molecule has 1 amide bonds. The molecule has 136 valence electrons. The summed E-state index contributed by atoms with van der Waals surface area (Å²) in [5.74, 6) is -0.215. The molecule has 1 N–H and O–H groups in total. The van der Waals surface area contributed by atoms with Crippen LogP contribution in [0.4, 0.5) is 5.13 Å². The highest BCUT2D eigenvalue weighted by atomic mass is 35.5. The Morgan fingerprint density at radius 2 is 2.00 bits per heavy atom. The van der Waals surface area contributed by atoms with Crippen molar-refractivity contribution in [2.75, 3.05) is 5.32 Å². The summed E-state index contributed by atoms with van der Waals surface area (Å²) in [6.07, 6.45) is 2.32. The largest absolute Gasteiger partial charge is 0.300 e. The highest BCUT2D eigenvalue weighted by Gasteiger charge is 2.12. The highest BCUT2D eigenvalue weighted by Crippen LogP contribution is 2.29. The first-order valence-corrected chi connectivity index (χ1v) is 9.63. The van der Waals surface area contributed by atoms with Gasteiger partial charge in [0.25, 0.3) is 0 Å². The van der Waals surface area contributed by atoms with Crippen molar-refractivity contribution in [2.45, 2.75) is 13.0 Å². The monoisotopic (exact) mass is 417 g/mol. The second-order valence-corrected chi connectivity index (χ2v) is 7.71. The maximum Gasteiger partial charge on any atom is 0.247 e. The molecule has 0 radical (unpaired) electrons. The van der Waals surface area contributed by atoms with Gasteiger partial charge in [-0.3, -0.25) is 4.79 Å². The number of para-hydroxylation sites is 1. The molecule has 4 aromatic rings. The molecule has 27 heavy (non-hydrogen) atoms. The van der Waals surface area contributed by atoms with Crippen LogP contribution in [0.5, 0.6) is 0 Å². The Labute approximate surface area is 168 Å². The zero-order valence-electron chi connectivity index (χ0n) is 13.9. The van der Waals surface area contributed by atoms with E-state index < -0.39 is 0 Å². The third-order valence-corrected chi connectivity index (χ3v) is 5.68. The van der Waals surface area contributed by atoms with Gasteiger partial charge in [0, 0.05) is 17.5 Å². The first kappa shape index (κ1) is 17.9. The van der Waals surface area contributed by atoms with Crippen LogP contribution >= 0.6 is 34.5 Å². The first-order valence-electron chi connectivity index (χ1n) is 8.06. The van der Waals surface area contributed by atoms with Crippen LogP contribution in [-0.2, 0) is 17.8 Å². The van der Waals surface area contributed by atoms with Gasteiger partial charge < -0.3 is 5.32 Å². The van der Waals surface area contributed by atoms with Crippen molar-refractivity contribution in [2.24, 2.45) is 0 Å². The number of nitrogens with one attached hydrogen (secondary N) is 1. The molecular formula is C18H13Cl2N5OS. The van der Waals surface area contributed by atoms with Crippen LogP contribution in [0.15, 0.2) is 48.7 Å². The normalized spacial score (nSPS) is 11.0. The fourth-order valence-electron chi connectivity index (χ4n) is 2.65. The van der Waals surface area contributed by atoms with Crippen LogP contribution in [0.2, 0.25) is 10.0 Å². The van der Waals surface area contributed by atoms with Gasteiger partial charge in [0.2, 0.25) is 5.91 Å². The molecule has 0 aliphatic rings. The van der Waals surface area contributed by atoms with E-state index in [9.17, 15) is 4.79 Å². The number of hydrogen-bond donors (Lipinski definition) is 1. The van der Waals surface area contributed by atoms with Gasteiger partial charge in [-0.2, -0.15) is 0 Å². The van der Waals surface area contributed by atoms with Gasteiger partial charge in [-0.25, -0.2) is 9.67 Å². The van der Waals surface area contributed by atoms with Gasteiger partial charge in [0.05, 0.1) is 15.6 Å². The highest BCUT2D eigenvalue weighted by molar-refractivity contribution is 7.15. The van der Waals surface area contributed by atoms with Gasteiger partial charge in [-0.05, 0) is 23.8 Å². The second kappa shape index (κ2) is 7.64. The molecule has 0 unspecified atom stereocenters. The van der Waals surface area contributed by atoms with Gasteiger partial charge in [0.15, 0.2) is 5.13 Å². The third-order valence-electron chi connectivity index (χ3n) is 3.91. The number of halogens is 2. The SMILES string of the molecule is O=C(Cn1nnc2ccccc21)Nc1ncc(Cc2cccc(Cl)c2Cl)s1. The van der Waals surface area contributed by atoms with E-state index in [1.807, 2.05) is 36.4 Å². The van der Waals surface area contributed by atoms with E-state index in [2.05, 4.69) is 20.6 Å². The molecule has 0 saturated heterocycles. The Bertz CT molecular complexity index is 1120. The van der Waals surface area contributed by atoms with Gasteiger partial charge in [-0.15, -0.1) is 16.4 Å². The predicted molar refractivity (Wildman–Crippen MR) is 108 cm³/mol. The number of aromatic nitrogens is 4. The molecule has 0 bridgehead atoms. The second-order valence-electron chi connectivity index (χ2n) is 5.81. The van der Waals surface area contributed by atoms with E-state index in [4.69, 9.17) is 23.2 Å². The lowest BCUT2D eigenvalue weighted by atomic mass is 10.1. The van der Waals surface area contributed by atoms with E-state index in [0.717, 1.165) is 21.5 Å². The molecule has 0 aliphatic heterocycles. The number of amides is 1. The topological polar surface area (TPSA) is 72.7 Å². The summed E-state index contributed by atoms with van der Waals surface area (Å²) < 4.78 is 1.56. The van der Waals surface area contributed by atoms with Crippen molar-refractivity contribution in [3.8, 4) is 0 Å². The summed E-state index contributed by atoms with van der Waals surface area (Å²) in [4.78, 5) is 17.6. The van der Waals surface area contributed by atoms with Crippen molar-refractivity contribution in [3.05, 3.63) is 69.1 Å². The summed E-state index contributed by atoms with van der Waals surface area (Å²) in [6.45, 7) is 0.0650. The number of hydrogen-bond acceptors (Lipinski definition) is 5. The molecule has 0 saturated carbocycles. The minimum atomic E-state index is -0.215.